The van der Waals surface area contributed by atoms with E-state index in [2.05, 4.69) is 10.6 Å². The number of nitrogens with one attached hydrogen (secondary N) is 2. The lowest BCUT2D eigenvalue weighted by atomic mass is 9.91. The maximum absolute atomic E-state index is 12.8. The molecular formula is C24H26N2O6. The average molecular weight is 438 g/mol. The van der Waals surface area contributed by atoms with Gasteiger partial charge in [0.05, 0.1) is 30.9 Å². The smallest absolute Gasteiger partial charge is 0.343 e. The van der Waals surface area contributed by atoms with Gasteiger partial charge in [-0.05, 0) is 42.7 Å². The highest BCUT2D eigenvalue weighted by molar-refractivity contribution is 5.95. The molecule has 2 N–H and O–H groups in total. The standard InChI is InChI=1S/C24H26N2O6/c1-5-31-23(28)19-20(14(2)3)25-24(29)26-21(19)16-11-12-17(18(13-16)30-4)32-22(27)15-9-7-6-8-10-15/h6-14,21H,5H2,1-4H3,(H2,25,26,29). The fourth-order valence-electron chi connectivity index (χ4n) is 3.41. The van der Waals surface area contributed by atoms with Crippen LogP contribution in [0.3, 0.4) is 0 Å². The van der Waals surface area contributed by atoms with Gasteiger partial charge >= 0.3 is 18.0 Å². The lowest BCUT2D eigenvalue weighted by molar-refractivity contribution is -0.139. The molecule has 0 bridgehead atoms. The highest BCUT2D eigenvalue weighted by Gasteiger charge is 2.35. The van der Waals surface area contributed by atoms with Gasteiger partial charge < -0.3 is 24.8 Å². The van der Waals surface area contributed by atoms with Crippen LogP contribution >= 0.6 is 0 Å². The highest BCUT2D eigenvalue weighted by Crippen LogP contribution is 2.36. The second-order valence-corrected chi connectivity index (χ2v) is 7.40. The van der Waals surface area contributed by atoms with Gasteiger partial charge in [0, 0.05) is 5.70 Å². The summed E-state index contributed by atoms with van der Waals surface area (Å²) in [6.45, 7) is 5.68. The lowest BCUT2D eigenvalue weighted by Crippen LogP contribution is -2.47. The molecule has 2 amide bonds. The SMILES string of the molecule is CCOC(=O)C1=C(C(C)C)NC(=O)NC1c1ccc(OC(=O)c2ccccc2)c(OC)c1. The normalized spacial score (nSPS) is 15.7. The van der Waals surface area contributed by atoms with Crippen LogP contribution in [0.5, 0.6) is 11.5 Å². The van der Waals surface area contributed by atoms with E-state index in [0.717, 1.165) is 0 Å². The number of methoxy groups -OCH3 is 1. The maximum atomic E-state index is 12.8. The number of ether oxygens (including phenoxy) is 3. The topological polar surface area (TPSA) is 103 Å². The molecule has 0 saturated heterocycles. The molecule has 2 aromatic carbocycles. The van der Waals surface area contributed by atoms with E-state index in [0.29, 0.717) is 22.4 Å². The van der Waals surface area contributed by atoms with Crippen molar-refractivity contribution in [3.63, 3.8) is 0 Å². The predicted octanol–water partition coefficient (Wildman–Crippen LogP) is 3.74. The van der Waals surface area contributed by atoms with E-state index < -0.39 is 24.0 Å². The maximum Gasteiger partial charge on any atom is 0.343 e. The number of allylic oxidation sites excluding steroid dienone is 1. The van der Waals surface area contributed by atoms with Crippen molar-refractivity contribution in [1.29, 1.82) is 0 Å². The van der Waals surface area contributed by atoms with Crippen LogP contribution in [0, 0.1) is 5.92 Å². The van der Waals surface area contributed by atoms with Gasteiger partial charge in [-0.3, -0.25) is 0 Å². The average Bonchev–Trinajstić information content (AvgIpc) is 2.79. The number of esters is 2. The second kappa shape index (κ2) is 10.00. The molecule has 1 atom stereocenters. The zero-order chi connectivity index (χ0) is 23.3. The minimum Gasteiger partial charge on any atom is -0.493 e. The first-order chi connectivity index (χ1) is 15.3. The Morgan fingerprint density at radius 1 is 1.03 bits per heavy atom. The molecule has 8 nitrogen and oxygen atoms in total. The molecule has 32 heavy (non-hydrogen) atoms. The number of amides is 2. The van der Waals surface area contributed by atoms with Crippen LogP contribution < -0.4 is 20.1 Å². The third-order valence-electron chi connectivity index (χ3n) is 4.91. The molecule has 0 saturated carbocycles. The summed E-state index contributed by atoms with van der Waals surface area (Å²) in [4.78, 5) is 37.5. The van der Waals surface area contributed by atoms with E-state index in [1.165, 1.54) is 7.11 Å². The molecule has 3 rings (SSSR count). The van der Waals surface area contributed by atoms with Crippen LogP contribution in [0.15, 0.2) is 59.8 Å². The van der Waals surface area contributed by atoms with Gasteiger partial charge in [-0.25, -0.2) is 14.4 Å². The number of carbonyl (C=O) groups is 3. The summed E-state index contributed by atoms with van der Waals surface area (Å²) in [7, 11) is 1.45. The Balaban J connectivity index is 1.98. The number of carbonyl (C=O) groups excluding carboxylic acids is 3. The van der Waals surface area contributed by atoms with Crippen molar-refractivity contribution >= 4 is 18.0 Å². The molecule has 168 valence electrons. The number of hydrogen-bond donors (Lipinski definition) is 2. The largest absolute Gasteiger partial charge is 0.493 e. The van der Waals surface area contributed by atoms with Crippen molar-refractivity contribution < 1.29 is 28.6 Å². The summed E-state index contributed by atoms with van der Waals surface area (Å²) in [5, 5.41) is 5.49. The van der Waals surface area contributed by atoms with Gasteiger partial charge in [0.2, 0.25) is 0 Å². The quantitative estimate of drug-likeness (QED) is 0.504. The summed E-state index contributed by atoms with van der Waals surface area (Å²) in [6.07, 6.45) is 0. The van der Waals surface area contributed by atoms with Crippen molar-refractivity contribution in [2.45, 2.75) is 26.8 Å². The minimum absolute atomic E-state index is 0.115. The second-order valence-electron chi connectivity index (χ2n) is 7.40. The Morgan fingerprint density at radius 2 is 1.75 bits per heavy atom. The van der Waals surface area contributed by atoms with E-state index in [9.17, 15) is 14.4 Å². The minimum atomic E-state index is -0.757. The van der Waals surface area contributed by atoms with Gasteiger partial charge in [-0.2, -0.15) is 0 Å². The third kappa shape index (κ3) is 4.91. The third-order valence-corrected chi connectivity index (χ3v) is 4.91. The zero-order valence-electron chi connectivity index (χ0n) is 18.4. The molecule has 0 aromatic heterocycles. The van der Waals surface area contributed by atoms with Crippen LogP contribution in [0.1, 0.15) is 42.7 Å². The molecule has 0 radical (unpaired) electrons. The van der Waals surface area contributed by atoms with Crippen LogP contribution in [0.25, 0.3) is 0 Å². The fraction of sp³-hybridized carbons (Fsp3) is 0.292. The van der Waals surface area contributed by atoms with E-state index in [1.54, 1.807) is 55.5 Å². The first kappa shape index (κ1) is 22.9. The van der Waals surface area contributed by atoms with Gasteiger partial charge in [0.15, 0.2) is 11.5 Å². The Hall–Kier alpha value is -3.81. The van der Waals surface area contributed by atoms with Crippen molar-refractivity contribution in [3.05, 3.63) is 70.9 Å². The van der Waals surface area contributed by atoms with Crippen LogP contribution in [-0.2, 0) is 9.53 Å². The van der Waals surface area contributed by atoms with Gasteiger partial charge in [0.25, 0.3) is 0 Å². The molecule has 8 heteroatoms. The van der Waals surface area contributed by atoms with Crippen LogP contribution in [0.2, 0.25) is 0 Å². The van der Waals surface area contributed by atoms with E-state index in [4.69, 9.17) is 14.2 Å². The molecule has 1 aliphatic rings. The zero-order valence-corrected chi connectivity index (χ0v) is 18.4. The molecule has 0 spiro atoms. The van der Waals surface area contributed by atoms with Crippen molar-refractivity contribution in [2.24, 2.45) is 5.92 Å². The van der Waals surface area contributed by atoms with Crippen LogP contribution in [0.4, 0.5) is 4.79 Å². The summed E-state index contributed by atoms with van der Waals surface area (Å²) < 4.78 is 16.2. The Morgan fingerprint density at radius 3 is 2.38 bits per heavy atom. The van der Waals surface area contributed by atoms with Gasteiger partial charge in [0.1, 0.15) is 0 Å². The van der Waals surface area contributed by atoms with Gasteiger partial charge in [-0.15, -0.1) is 0 Å². The first-order valence-electron chi connectivity index (χ1n) is 10.3. The number of rotatable bonds is 7. The number of benzene rings is 2. The molecule has 1 unspecified atom stereocenters. The van der Waals surface area contributed by atoms with E-state index in [1.807, 2.05) is 13.8 Å². The van der Waals surface area contributed by atoms with E-state index >= 15 is 0 Å². The lowest BCUT2D eigenvalue weighted by Gasteiger charge is -2.31. The van der Waals surface area contributed by atoms with Gasteiger partial charge in [-0.1, -0.05) is 38.1 Å². The summed E-state index contributed by atoms with van der Waals surface area (Å²) in [6, 6.07) is 12.3. The fourth-order valence-corrected chi connectivity index (χ4v) is 3.41. The van der Waals surface area contributed by atoms with Crippen molar-refractivity contribution in [1.82, 2.24) is 10.6 Å². The number of urea groups is 1. The van der Waals surface area contributed by atoms with Crippen molar-refractivity contribution in [2.75, 3.05) is 13.7 Å². The monoisotopic (exact) mass is 438 g/mol. The van der Waals surface area contributed by atoms with E-state index in [-0.39, 0.29) is 24.0 Å². The Kier molecular flexibility index (Phi) is 7.14. The number of hydrogen-bond acceptors (Lipinski definition) is 6. The Bertz CT molecular complexity index is 1050. The van der Waals surface area contributed by atoms with Crippen LogP contribution in [-0.4, -0.2) is 31.7 Å². The molecular weight excluding hydrogens is 412 g/mol. The molecule has 2 aromatic rings. The molecule has 0 aliphatic carbocycles. The highest BCUT2D eigenvalue weighted by atomic mass is 16.6. The molecule has 1 heterocycles. The Labute approximate surface area is 186 Å². The summed E-state index contributed by atoms with van der Waals surface area (Å²) in [5.41, 5.74) is 1.80. The first-order valence-corrected chi connectivity index (χ1v) is 10.3. The predicted molar refractivity (Wildman–Crippen MR) is 117 cm³/mol. The molecule has 1 aliphatic heterocycles. The summed E-state index contributed by atoms with van der Waals surface area (Å²) in [5.74, 6) is -0.658. The molecule has 0 fully saturated rings. The summed E-state index contributed by atoms with van der Waals surface area (Å²) >= 11 is 0. The van der Waals surface area contributed by atoms with Crippen molar-refractivity contribution in [3.8, 4) is 11.5 Å².